The van der Waals surface area contributed by atoms with Crippen molar-refractivity contribution < 1.29 is 4.92 Å². The molecule has 0 unspecified atom stereocenters. The summed E-state index contributed by atoms with van der Waals surface area (Å²) in [5, 5.41) is 11.0. The molecule has 21 heavy (non-hydrogen) atoms. The van der Waals surface area contributed by atoms with E-state index in [1.807, 2.05) is 6.07 Å². The molecule has 2 rings (SSSR count). The van der Waals surface area contributed by atoms with Crippen molar-refractivity contribution in [2.75, 3.05) is 32.6 Å². The van der Waals surface area contributed by atoms with Gasteiger partial charge < -0.3 is 10.3 Å². The van der Waals surface area contributed by atoms with Crippen molar-refractivity contribution in [3.05, 3.63) is 33.9 Å². The summed E-state index contributed by atoms with van der Waals surface area (Å²) in [5.74, 6) is 5.48. The molecular formula is C14H23N5O2. The molecule has 1 aliphatic heterocycles. The lowest BCUT2D eigenvalue weighted by Gasteiger charge is -2.35. The average Bonchev–Trinajstić information content (AvgIpc) is 2.47. The van der Waals surface area contributed by atoms with Gasteiger partial charge >= 0.3 is 0 Å². The van der Waals surface area contributed by atoms with Crippen LogP contribution in [0.4, 0.5) is 11.4 Å². The number of nitro groups is 1. The molecule has 1 aromatic carbocycles. The van der Waals surface area contributed by atoms with Crippen LogP contribution in [-0.2, 0) is 6.54 Å². The molecule has 0 atom stereocenters. The zero-order chi connectivity index (χ0) is 15.4. The van der Waals surface area contributed by atoms with Gasteiger partial charge in [0.1, 0.15) is 5.69 Å². The van der Waals surface area contributed by atoms with Gasteiger partial charge in [-0.25, -0.2) is 0 Å². The van der Waals surface area contributed by atoms with Crippen LogP contribution in [-0.4, -0.2) is 47.9 Å². The number of hydrogen-bond acceptors (Lipinski definition) is 6. The molecule has 0 amide bonds. The van der Waals surface area contributed by atoms with Gasteiger partial charge in [0.2, 0.25) is 0 Å². The summed E-state index contributed by atoms with van der Waals surface area (Å²) in [6, 6.07) is 5.56. The molecule has 0 saturated carbocycles. The molecule has 3 N–H and O–H groups in total. The number of rotatable bonds is 5. The maximum Gasteiger partial charge on any atom is 0.293 e. The van der Waals surface area contributed by atoms with Gasteiger partial charge in [0.25, 0.3) is 5.69 Å². The summed E-state index contributed by atoms with van der Waals surface area (Å²) in [4.78, 5) is 15.2. The number of anilines is 1. The second-order valence-corrected chi connectivity index (χ2v) is 5.66. The second-order valence-electron chi connectivity index (χ2n) is 5.66. The van der Waals surface area contributed by atoms with E-state index in [9.17, 15) is 10.1 Å². The van der Waals surface area contributed by atoms with Crippen LogP contribution in [0.3, 0.4) is 0 Å². The highest BCUT2D eigenvalue weighted by Crippen LogP contribution is 2.29. The summed E-state index contributed by atoms with van der Waals surface area (Å²) in [6.45, 7) is 2.83. The Morgan fingerprint density at radius 2 is 2.14 bits per heavy atom. The normalized spacial score (nSPS) is 17.1. The van der Waals surface area contributed by atoms with Crippen LogP contribution >= 0.6 is 0 Å². The molecule has 0 aliphatic carbocycles. The maximum atomic E-state index is 11.0. The Morgan fingerprint density at radius 3 is 2.71 bits per heavy atom. The van der Waals surface area contributed by atoms with Gasteiger partial charge in [-0.3, -0.25) is 20.9 Å². The number of hydrogen-bond donors (Lipinski definition) is 2. The predicted molar refractivity (Wildman–Crippen MR) is 82.9 cm³/mol. The fourth-order valence-corrected chi connectivity index (χ4v) is 2.87. The van der Waals surface area contributed by atoms with Crippen molar-refractivity contribution in [3.63, 3.8) is 0 Å². The van der Waals surface area contributed by atoms with Crippen LogP contribution in [0.5, 0.6) is 0 Å². The predicted octanol–water partition coefficient (Wildman–Crippen LogP) is 1.41. The first-order chi connectivity index (χ1) is 10.0. The number of nitro benzene ring substituents is 1. The topological polar surface area (TPSA) is 87.7 Å². The van der Waals surface area contributed by atoms with Gasteiger partial charge in [0.15, 0.2) is 0 Å². The van der Waals surface area contributed by atoms with Crippen molar-refractivity contribution in [2.24, 2.45) is 5.84 Å². The van der Waals surface area contributed by atoms with E-state index >= 15 is 0 Å². The highest BCUT2D eigenvalue weighted by molar-refractivity contribution is 5.65. The van der Waals surface area contributed by atoms with E-state index in [0.717, 1.165) is 31.5 Å². The highest BCUT2D eigenvalue weighted by atomic mass is 16.6. The lowest BCUT2D eigenvalue weighted by atomic mass is 10.0. The van der Waals surface area contributed by atoms with Gasteiger partial charge in [-0.05, 0) is 45.6 Å². The number of likely N-dealkylation sites (tertiary alicyclic amines) is 1. The summed E-state index contributed by atoms with van der Waals surface area (Å²) in [6.07, 6.45) is 2.24. The molecule has 0 radical (unpaired) electrons. The molecular weight excluding hydrogens is 270 g/mol. The Morgan fingerprint density at radius 1 is 1.48 bits per heavy atom. The molecule has 7 heteroatoms. The SMILES string of the molecule is CN1CCC(N(C)Cc2cccc([N+](=O)[O-])c2NN)CC1. The molecule has 1 aliphatic rings. The molecule has 7 nitrogen and oxygen atoms in total. The lowest BCUT2D eigenvalue weighted by molar-refractivity contribution is -0.384. The number of para-hydroxylation sites is 1. The van der Waals surface area contributed by atoms with Gasteiger partial charge in [0.05, 0.1) is 4.92 Å². The van der Waals surface area contributed by atoms with E-state index in [4.69, 9.17) is 5.84 Å². The average molecular weight is 293 g/mol. The molecule has 0 aromatic heterocycles. The quantitative estimate of drug-likeness (QED) is 0.485. The maximum absolute atomic E-state index is 11.0. The molecule has 0 spiro atoms. The Balaban J connectivity index is 2.12. The number of benzene rings is 1. The number of nitrogens with zero attached hydrogens (tertiary/aromatic N) is 3. The molecule has 1 aromatic rings. The molecule has 1 saturated heterocycles. The smallest absolute Gasteiger partial charge is 0.293 e. The number of hydrazine groups is 1. The Hall–Kier alpha value is -1.70. The van der Waals surface area contributed by atoms with Crippen molar-refractivity contribution in [3.8, 4) is 0 Å². The fourth-order valence-electron chi connectivity index (χ4n) is 2.87. The van der Waals surface area contributed by atoms with E-state index in [-0.39, 0.29) is 5.69 Å². The number of nitrogen functional groups attached to an aromatic ring is 1. The van der Waals surface area contributed by atoms with Crippen LogP contribution in [0, 0.1) is 10.1 Å². The molecule has 1 heterocycles. The number of nitrogens with two attached hydrogens (primary N) is 1. The van der Waals surface area contributed by atoms with Crippen molar-refractivity contribution in [1.82, 2.24) is 9.80 Å². The number of nitrogens with one attached hydrogen (secondary N) is 1. The van der Waals surface area contributed by atoms with Gasteiger partial charge in [-0.15, -0.1) is 0 Å². The lowest BCUT2D eigenvalue weighted by Crippen LogP contribution is -2.41. The first-order valence-corrected chi connectivity index (χ1v) is 7.14. The van der Waals surface area contributed by atoms with Gasteiger partial charge in [-0.1, -0.05) is 12.1 Å². The van der Waals surface area contributed by atoms with Crippen LogP contribution in [0.25, 0.3) is 0 Å². The largest absolute Gasteiger partial charge is 0.318 e. The molecule has 116 valence electrons. The van der Waals surface area contributed by atoms with Gasteiger partial charge in [0, 0.05) is 18.7 Å². The number of piperidine rings is 1. The van der Waals surface area contributed by atoms with Crippen molar-refractivity contribution in [1.29, 1.82) is 0 Å². The van der Waals surface area contributed by atoms with Crippen LogP contribution < -0.4 is 11.3 Å². The van der Waals surface area contributed by atoms with E-state index in [2.05, 4.69) is 29.3 Å². The highest BCUT2D eigenvalue weighted by Gasteiger charge is 2.23. The summed E-state index contributed by atoms with van der Waals surface area (Å²) >= 11 is 0. The van der Waals surface area contributed by atoms with Crippen LogP contribution in [0.2, 0.25) is 0 Å². The van der Waals surface area contributed by atoms with E-state index in [0.29, 0.717) is 18.3 Å². The minimum atomic E-state index is -0.408. The van der Waals surface area contributed by atoms with E-state index < -0.39 is 4.92 Å². The third kappa shape index (κ3) is 3.69. The monoisotopic (exact) mass is 293 g/mol. The Kier molecular flexibility index (Phi) is 5.11. The zero-order valence-electron chi connectivity index (χ0n) is 12.6. The first kappa shape index (κ1) is 15.7. The Labute approximate surface area is 124 Å². The summed E-state index contributed by atoms with van der Waals surface area (Å²) < 4.78 is 0. The van der Waals surface area contributed by atoms with Crippen molar-refractivity contribution >= 4 is 11.4 Å². The molecule has 1 fully saturated rings. The Bertz CT molecular complexity index is 500. The summed E-state index contributed by atoms with van der Waals surface area (Å²) in [5.41, 5.74) is 3.76. The minimum Gasteiger partial charge on any atom is -0.318 e. The van der Waals surface area contributed by atoms with E-state index in [1.54, 1.807) is 6.07 Å². The van der Waals surface area contributed by atoms with Gasteiger partial charge in [-0.2, -0.15) is 0 Å². The van der Waals surface area contributed by atoms with Crippen LogP contribution in [0.1, 0.15) is 18.4 Å². The summed E-state index contributed by atoms with van der Waals surface area (Å²) in [7, 11) is 4.20. The third-order valence-corrected chi connectivity index (χ3v) is 4.20. The zero-order valence-corrected chi connectivity index (χ0v) is 12.6. The minimum absolute atomic E-state index is 0.0202. The third-order valence-electron chi connectivity index (χ3n) is 4.20. The van der Waals surface area contributed by atoms with E-state index in [1.165, 1.54) is 6.07 Å². The van der Waals surface area contributed by atoms with Crippen LogP contribution in [0.15, 0.2) is 18.2 Å². The fraction of sp³-hybridized carbons (Fsp3) is 0.571. The first-order valence-electron chi connectivity index (χ1n) is 7.14. The second kappa shape index (κ2) is 6.84. The van der Waals surface area contributed by atoms with Crippen molar-refractivity contribution in [2.45, 2.75) is 25.4 Å². The standard InChI is InChI=1S/C14H23N5O2/c1-17-8-6-12(7-9-17)18(2)10-11-4-3-5-13(19(20)21)14(11)16-15/h3-5,12,16H,6-10,15H2,1-2H3. The molecule has 0 bridgehead atoms.